The number of carboxylic acid groups (broad SMARTS) is 1. The Morgan fingerprint density at radius 1 is 1.17 bits per heavy atom. The van der Waals surface area contributed by atoms with Crippen LogP contribution in [0, 0.1) is 17.2 Å². The number of aromatic nitrogens is 3. The number of carbonyl (C=O) groups excluding carboxylic acids is 2. The average Bonchev–Trinajstić information content (AvgIpc) is 3.81. The molecule has 14 heteroatoms. The number of piperidine rings is 1. The molecule has 42 heavy (non-hydrogen) atoms. The number of hydrogen-bond acceptors (Lipinski definition) is 8. The topological polar surface area (TPSA) is 135 Å². The molecule has 1 saturated carbocycles. The molecular weight excluding hydrogens is 560 g/mol. The first kappa shape index (κ1) is 30.2. The molecule has 0 radical (unpaired) electrons. The van der Waals surface area contributed by atoms with Crippen molar-refractivity contribution in [2.45, 2.75) is 37.7 Å². The van der Waals surface area contributed by atoms with Crippen molar-refractivity contribution in [2.24, 2.45) is 13.0 Å². The Morgan fingerprint density at radius 2 is 1.90 bits per heavy atom. The molecule has 1 aliphatic carbocycles. The van der Waals surface area contributed by atoms with Crippen LogP contribution in [0.4, 0.5) is 29.2 Å². The maximum Gasteiger partial charge on any atom is 0.430 e. The van der Waals surface area contributed by atoms with E-state index in [1.165, 1.54) is 6.33 Å². The number of anilines is 2. The summed E-state index contributed by atoms with van der Waals surface area (Å²) in [6.45, 7) is 0.873. The normalized spacial score (nSPS) is 18.2. The molecule has 2 aromatic heterocycles. The van der Waals surface area contributed by atoms with E-state index >= 15 is 4.39 Å². The van der Waals surface area contributed by atoms with Crippen LogP contribution in [-0.4, -0.2) is 53.4 Å². The number of halogens is 4. The number of carbonyl (C=O) groups is 2. The SMILES string of the molecule is C[n+]1ccccc1N1CC[C@H](Oc2ccc(-c3cc(NC(=O)C4CC4)ncn3)cc2C#N)[C@H](F)C1.O=C([O-])C(F)(F)F. The van der Waals surface area contributed by atoms with Gasteiger partial charge in [0, 0.05) is 30.0 Å². The quantitative estimate of drug-likeness (QED) is 0.344. The lowest BCUT2D eigenvalue weighted by molar-refractivity contribution is -0.659. The molecule has 0 spiro atoms. The summed E-state index contributed by atoms with van der Waals surface area (Å²) in [7, 11) is 1.94. The summed E-state index contributed by atoms with van der Waals surface area (Å²) in [5.41, 5.74) is 1.55. The van der Waals surface area contributed by atoms with E-state index in [-0.39, 0.29) is 18.4 Å². The standard InChI is InChI=1S/C26H25FN6O2.C2HF3O2/c1-32-10-3-2-4-25(32)33-11-9-23(20(27)15-33)35-22-8-7-18(12-19(22)14-28)21-13-24(30-16-29-21)31-26(34)17-5-6-17;3-2(4,5)1(6)7/h2-4,7-8,10,12-13,16-17,20,23H,5-6,9,11,15H2,1H3;(H,6,7)/t20-,23+;/m1./s1. The van der Waals surface area contributed by atoms with Gasteiger partial charge in [-0.15, -0.1) is 0 Å². The first-order valence-corrected chi connectivity index (χ1v) is 12.9. The van der Waals surface area contributed by atoms with Crippen molar-refractivity contribution in [3.63, 3.8) is 0 Å². The number of hydrogen-bond donors (Lipinski definition) is 1. The Hall–Kier alpha value is -4.80. The molecule has 5 rings (SSSR count). The summed E-state index contributed by atoms with van der Waals surface area (Å²) in [6.07, 6.45) is -1.41. The smallest absolute Gasteiger partial charge is 0.430 e. The van der Waals surface area contributed by atoms with Crippen molar-refractivity contribution in [1.29, 1.82) is 5.26 Å². The molecule has 220 valence electrons. The number of nitrogens with one attached hydrogen (secondary N) is 1. The number of aryl methyl sites for hydroxylation is 1. The fourth-order valence-corrected chi connectivity index (χ4v) is 4.27. The highest BCUT2D eigenvalue weighted by Gasteiger charge is 2.36. The molecule has 2 atom stereocenters. The summed E-state index contributed by atoms with van der Waals surface area (Å²) in [4.78, 5) is 31.2. The van der Waals surface area contributed by atoms with Crippen molar-refractivity contribution >= 4 is 23.5 Å². The second-order valence-corrected chi connectivity index (χ2v) is 9.74. The Morgan fingerprint density at radius 3 is 2.52 bits per heavy atom. The van der Waals surface area contributed by atoms with Gasteiger partial charge in [0.05, 0.1) is 31.0 Å². The Kier molecular flexibility index (Phi) is 9.19. The molecule has 2 fully saturated rings. The fraction of sp³-hybridized carbons (Fsp3) is 0.357. The predicted octanol–water partition coefficient (Wildman–Crippen LogP) is 2.48. The summed E-state index contributed by atoms with van der Waals surface area (Å²) in [5, 5.41) is 21.3. The number of alkyl halides is 4. The maximum absolute atomic E-state index is 15.1. The third-order valence-corrected chi connectivity index (χ3v) is 6.61. The summed E-state index contributed by atoms with van der Waals surface area (Å²) < 4.78 is 54.6. The molecule has 1 N–H and O–H groups in total. The highest BCUT2D eigenvalue weighted by Crippen LogP contribution is 2.31. The van der Waals surface area contributed by atoms with Crippen LogP contribution in [-0.2, 0) is 16.6 Å². The van der Waals surface area contributed by atoms with E-state index in [1.807, 2.05) is 40.9 Å². The fourth-order valence-electron chi connectivity index (χ4n) is 4.27. The molecule has 3 aromatic rings. The van der Waals surface area contributed by atoms with Crippen LogP contribution in [0.1, 0.15) is 24.8 Å². The lowest BCUT2D eigenvalue weighted by Crippen LogP contribution is -2.50. The predicted molar refractivity (Wildman–Crippen MR) is 138 cm³/mol. The van der Waals surface area contributed by atoms with Crippen LogP contribution < -0.4 is 24.6 Å². The number of nitrogens with zero attached hydrogens (tertiary/aromatic N) is 5. The minimum absolute atomic E-state index is 0.0380. The maximum atomic E-state index is 15.1. The molecule has 10 nitrogen and oxygen atoms in total. The monoisotopic (exact) mass is 586 g/mol. The van der Waals surface area contributed by atoms with Gasteiger partial charge in [-0.05, 0) is 37.1 Å². The van der Waals surface area contributed by atoms with Crippen LogP contribution in [0.15, 0.2) is 55.0 Å². The molecule has 1 amide bonds. The van der Waals surface area contributed by atoms with E-state index in [4.69, 9.17) is 14.6 Å². The van der Waals surface area contributed by atoms with Gasteiger partial charge in [0.25, 0.3) is 5.82 Å². The number of pyridine rings is 1. The summed E-state index contributed by atoms with van der Waals surface area (Å²) >= 11 is 0. The van der Waals surface area contributed by atoms with E-state index in [9.17, 15) is 23.2 Å². The number of rotatable bonds is 6. The van der Waals surface area contributed by atoms with Gasteiger partial charge in [0.1, 0.15) is 42.6 Å². The van der Waals surface area contributed by atoms with Crippen LogP contribution in [0.3, 0.4) is 0 Å². The van der Waals surface area contributed by atoms with E-state index in [0.29, 0.717) is 41.4 Å². The van der Waals surface area contributed by atoms with Gasteiger partial charge < -0.3 is 20.0 Å². The Balaban J connectivity index is 0.000000517. The van der Waals surface area contributed by atoms with Crippen LogP contribution in [0.5, 0.6) is 5.75 Å². The second kappa shape index (κ2) is 12.8. The van der Waals surface area contributed by atoms with Gasteiger partial charge in [-0.1, -0.05) is 6.07 Å². The van der Waals surface area contributed by atoms with Crippen molar-refractivity contribution in [3.05, 3.63) is 60.6 Å². The summed E-state index contributed by atoms with van der Waals surface area (Å²) in [5.74, 6) is -1.26. The third-order valence-electron chi connectivity index (χ3n) is 6.61. The summed E-state index contributed by atoms with van der Waals surface area (Å²) in [6, 6.07) is 14.8. The van der Waals surface area contributed by atoms with Crippen molar-refractivity contribution in [3.8, 4) is 23.1 Å². The minimum Gasteiger partial charge on any atom is -0.542 e. The van der Waals surface area contributed by atoms with E-state index in [0.717, 1.165) is 18.7 Å². The van der Waals surface area contributed by atoms with E-state index < -0.39 is 24.4 Å². The van der Waals surface area contributed by atoms with Gasteiger partial charge in [0.2, 0.25) is 5.91 Å². The highest BCUT2D eigenvalue weighted by molar-refractivity contribution is 5.93. The number of ether oxygens (including phenoxy) is 1. The van der Waals surface area contributed by atoms with Gasteiger partial charge >= 0.3 is 6.18 Å². The molecule has 2 aliphatic rings. The second-order valence-electron chi connectivity index (χ2n) is 9.74. The zero-order valence-electron chi connectivity index (χ0n) is 22.3. The number of carboxylic acids is 1. The molecule has 1 aromatic carbocycles. The van der Waals surface area contributed by atoms with Crippen molar-refractivity contribution in [2.75, 3.05) is 23.3 Å². The minimum atomic E-state index is -5.19. The molecular formula is C28H26F4N6O4. The zero-order chi connectivity index (χ0) is 30.4. The first-order valence-electron chi connectivity index (χ1n) is 12.9. The number of amides is 1. The third kappa shape index (κ3) is 7.68. The van der Waals surface area contributed by atoms with Crippen molar-refractivity contribution < 1.29 is 41.6 Å². The van der Waals surface area contributed by atoms with Crippen molar-refractivity contribution in [1.82, 2.24) is 9.97 Å². The lowest BCUT2D eigenvalue weighted by atomic mass is 10.0. The molecule has 3 heterocycles. The van der Waals surface area contributed by atoms with Crippen LogP contribution in [0.25, 0.3) is 11.3 Å². The lowest BCUT2D eigenvalue weighted by Gasteiger charge is -2.31. The molecule has 1 saturated heterocycles. The molecule has 0 bridgehead atoms. The van der Waals surface area contributed by atoms with Gasteiger partial charge in [-0.2, -0.15) is 18.4 Å². The van der Waals surface area contributed by atoms with Crippen LogP contribution >= 0.6 is 0 Å². The van der Waals surface area contributed by atoms with Gasteiger partial charge in [-0.3, -0.25) is 9.69 Å². The Bertz CT molecular complexity index is 1490. The largest absolute Gasteiger partial charge is 0.542 e. The zero-order valence-corrected chi connectivity index (χ0v) is 22.3. The van der Waals surface area contributed by atoms with E-state index in [2.05, 4.69) is 21.4 Å². The van der Waals surface area contributed by atoms with E-state index in [1.54, 1.807) is 24.3 Å². The number of aliphatic carboxylic acids is 1. The molecule has 1 aliphatic heterocycles. The van der Waals surface area contributed by atoms with Gasteiger partial charge in [0.15, 0.2) is 6.17 Å². The van der Waals surface area contributed by atoms with Gasteiger partial charge in [-0.25, -0.2) is 18.9 Å². The number of nitriles is 1. The average molecular weight is 587 g/mol. The Labute approximate surface area is 238 Å². The number of benzene rings is 1. The van der Waals surface area contributed by atoms with Crippen LogP contribution in [0.2, 0.25) is 0 Å². The molecule has 0 unspecified atom stereocenters. The first-order chi connectivity index (χ1) is 20.0. The highest BCUT2D eigenvalue weighted by atomic mass is 19.4.